The zero-order valence-corrected chi connectivity index (χ0v) is 13.2. The summed E-state index contributed by atoms with van der Waals surface area (Å²) in [5, 5.41) is 9.60. The Bertz CT molecular complexity index is 698. The number of aryl methyl sites for hydroxylation is 1. The van der Waals surface area contributed by atoms with E-state index in [2.05, 4.69) is 33.8 Å². The Labute approximate surface area is 135 Å². The van der Waals surface area contributed by atoms with E-state index in [0.717, 1.165) is 37.0 Å². The predicted molar refractivity (Wildman–Crippen MR) is 89.6 cm³/mol. The van der Waals surface area contributed by atoms with Gasteiger partial charge in [0.15, 0.2) is 0 Å². The van der Waals surface area contributed by atoms with Crippen molar-refractivity contribution >= 4 is 23.1 Å². The van der Waals surface area contributed by atoms with Gasteiger partial charge in [-0.25, -0.2) is 4.98 Å². The van der Waals surface area contributed by atoms with Gasteiger partial charge in [-0.2, -0.15) is 5.26 Å². The number of halogens is 1. The van der Waals surface area contributed by atoms with Gasteiger partial charge in [0, 0.05) is 43.1 Å². The number of pyridine rings is 1. The molecule has 2 aromatic rings. The van der Waals surface area contributed by atoms with Crippen molar-refractivity contribution in [3.05, 3.63) is 52.7 Å². The van der Waals surface area contributed by atoms with Gasteiger partial charge in [0.2, 0.25) is 0 Å². The Hall–Kier alpha value is -2.25. The van der Waals surface area contributed by atoms with E-state index < -0.39 is 0 Å². The number of aromatic nitrogens is 1. The maximum atomic E-state index is 8.83. The molecule has 0 unspecified atom stereocenters. The SMILES string of the molecule is Cc1ccc(Cl)cc1N1CCN(c2ccc(C#N)cn2)CC1. The molecule has 0 spiro atoms. The maximum Gasteiger partial charge on any atom is 0.128 e. The van der Waals surface area contributed by atoms with Crippen LogP contribution >= 0.6 is 11.6 Å². The zero-order chi connectivity index (χ0) is 15.5. The van der Waals surface area contributed by atoms with Crippen LogP contribution in [0.2, 0.25) is 5.02 Å². The molecule has 0 atom stereocenters. The number of rotatable bonds is 2. The summed E-state index contributed by atoms with van der Waals surface area (Å²) in [7, 11) is 0. The van der Waals surface area contributed by atoms with Crippen molar-refractivity contribution < 1.29 is 0 Å². The lowest BCUT2D eigenvalue weighted by molar-refractivity contribution is 0.646. The minimum atomic E-state index is 0.594. The first-order chi connectivity index (χ1) is 10.7. The van der Waals surface area contributed by atoms with Crippen LogP contribution in [0.15, 0.2) is 36.5 Å². The highest BCUT2D eigenvalue weighted by atomic mass is 35.5. The fourth-order valence-electron chi connectivity index (χ4n) is 2.74. The first-order valence-corrected chi connectivity index (χ1v) is 7.67. The van der Waals surface area contributed by atoms with E-state index in [1.165, 1.54) is 11.3 Å². The van der Waals surface area contributed by atoms with Gasteiger partial charge in [0.1, 0.15) is 11.9 Å². The second kappa shape index (κ2) is 6.25. The van der Waals surface area contributed by atoms with Gasteiger partial charge in [-0.3, -0.25) is 0 Å². The van der Waals surface area contributed by atoms with Crippen molar-refractivity contribution in [2.75, 3.05) is 36.0 Å². The summed E-state index contributed by atoms with van der Waals surface area (Å²) in [6.45, 7) is 5.79. The molecule has 0 radical (unpaired) electrons. The quantitative estimate of drug-likeness (QED) is 0.854. The third-order valence-corrected chi connectivity index (χ3v) is 4.23. The third-order valence-electron chi connectivity index (χ3n) is 3.99. The molecule has 22 heavy (non-hydrogen) atoms. The minimum absolute atomic E-state index is 0.594. The summed E-state index contributed by atoms with van der Waals surface area (Å²) in [5.41, 5.74) is 3.05. The fraction of sp³-hybridized carbons (Fsp3) is 0.294. The molecule has 0 bridgehead atoms. The van der Waals surface area contributed by atoms with Gasteiger partial charge < -0.3 is 9.80 Å². The average Bonchev–Trinajstić information content (AvgIpc) is 2.57. The van der Waals surface area contributed by atoms with Gasteiger partial charge in [-0.05, 0) is 36.8 Å². The summed E-state index contributed by atoms with van der Waals surface area (Å²) >= 11 is 6.12. The summed E-state index contributed by atoms with van der Waals surface area (Å²) in [4.78, 5) is 8.98. The lowest BCUT2D eigenvalue weighted by Gasteiger charge is -2.37. The molecule has 2 heterocycles. The summed E-state index contributed by atoms with van der Waals surface area (Å²) in [5.74, 6) is 0.932. The minimum Gasteiger partial charge on any atom is -0.368 e. The van der Waals surface area contributed by atoms with E-state index in [-0.39, 0.29) is 0 Å². The van der Waals surface area contributed by atoms with E-state index in [0.29, 0.717) is 5.56 Å². The lowest BCUT2D eigenvalue weighted by Crippen LogP contribution is -2.47. The summed E-state index contributed by atoms with van der Waals surface area (Å²) < 4.78 is 0. The highest BCUT2D eigenvalue weighted by molar-refractivity contribution is 6.30. The number of hydrogen-bond acceptors (Lipinski definition) is 4. The number of anilines is 2. The molecule has 112 valence electrons. The van der Waals surface area contributed by atoms with Gasteiger partial charge in [-0.15, -0.1) is 0 Å². The molecular weight excluding hydrogens is 296 g/mol. The summed E-state index contributed by atoms with van der Waals surface area (Å²) in [6.07, 6.45) is 1.63. The maximum absolute atomic E-state index is 8.83. The van der Waals surface area contributed by atoms with Gasteiger partial charge in [-0.1, -0.05) is 17.7 Å². The van der Waals surface area contributed by atoms with Crippen molar-refractivity contribution in [3.8, 4) is 6.07 Å². The molecular formula is C17H17ClN4. The Kier molecular flexibility index (Phi) is 4.17. The Morgan fingerprint density at radius 1 is 1.09 bits per heavy atom. The van der Waals surface area contributed by atoms with Crippen molar-refractivity contribution in [2.24, 2.45) is 0 Å². The van der Waals surface area contributed by atoms with Crippen LogP contribution in [0, 0.1) is 18.3 Å². The van der Waals surface area contributed by atoms with Crippen LogP contribution in [0.4, 0.5) is 11.5 Å². The van der Waals surface area contributed by atoms with Crippen LogP contribution in [-0.2, 0) is 0 Å². The van der Waals surface area contributed by atoms with E-state index in [9.17, 15) is 0 Å². The number of nitrogens with zero attached hydrogens (tertiary/aromatic N) is 4. The van der Waals surface area contributed by atoms with Crippen molar-refractivity contribution in [3.63, 3.8) is 0 Å². The zero-order valence-electron chi connectivity index (χ0n) is 12.5. The first-order valence-electron chi connectivity index (χ1n) is 7.29. The first kappa shape index (κ1) is 14.7. The predicted octanol–water partition coefficient (Wildman–Crippen LogP) is 3.24. The molecule has 0 N–H and O–H groups in total. The van der Waals surface area contributed by atoms with Crippen LogP contribution in [-0.4, -0.2) is 31.2 Å². The second-order valence-corrected chi connectivity index (χ2v) is 5.86. The highest BCUT2D eigenvalue weighted by Crippen LogP contribution is 2.26. The van der Waals surface area contributed by atoms with Crippen LogP contribution in [0.1, 0.15) is 11.1 Å². The lowest BCUT2D eigenvalue weighted by atomic mass is 10.1. The van der Waals surface area contributed by atoms with E-state index in [1.54, 1.807) is 6.20 Å². The third kappa shape index (κ3) is 3.00. The molecule has 1 saturated heterocycles. The molecule has 0 saturated carbocycles. The number of nitriles is 1. The van der Waals surface area contributed by atoms with E-state index in [4.69, 9.17) is 16.9 Å². The molecule has 1 fully saturated rings. The molecule has 1 aromatic heterocycles. The van der Waals surface area contributed by atoms with Crippen molar-refractivity contribution in [2.45, 2.75) is 6.92 Å². The highest BCUT2D eigenvalue weighted by Gasteiger charge is 2.19. The van der Waals surface area contributed by atoms with E-state index in [1.807, 2.05) is 24.3 Å². The largest absolute Gasteiger partial charge is 0.368 e. The number of benzene rings is 1. The Morgan fingerprint density at radius 2 is 1.82 bits per heavy atom. The number of piperazine rings is 1. The molecule has 1 aromatic carbocycles. The fourth-order valence-corrected chi connectivity index (χ4v) is 2.91. The normalized spacial score (nSPS) is 14.8. The summed E-state index contributed by atoms with van der Waals surface area (Å²) in [6, 6.07) is 11.9. The average molecular weight is 313 g/mol. The molecule has 3 rings (SSSR count). The second-order valence-electron chi connectivity index (χ2n) is 5.42. The molecule has 0 aliphatic carbocycles. The molecule has 1 aliphatic heterocycles. The Balaban J connectivity index is 1.69. The van der Waals surface area contributed by atoms with Crippen LogP contribution < -0.4 is 9.80 Å². The molecule has 4 nitrogen and oxygen atoms in total. The van der Waals surface area contributed by atoms with Crippen LogP contribution in [0.3, 0.4) is 0 Å². The smallest absolute Gasteiger partial charge is 0.128 e. The Morgan fingerprint density at radius 3 is 2.45 bits per heavy atom. The molecule has 0 amide bonds. The van der Waals surface area contributed by atoms with Crippen LogP contribution in [0.5, 0.6) is 0 Å². The van der Waals surface area contributed by atoms with E-state index >= 15 is 0 Å². The van der Waals surface area contributed by atoms with Crippen molar-refractivity contribution in [1.82, 2.24) is 4.98 Å². The topological polar surface area (TPSA) is 43.2 Å². The van der Waals surface area contributed by atoms with Gasteiger partial charge in [0.05, 0.1) is 5.56 Å². The molecule has 5 heteroatoms. The van der Waals surface area contributed by atoms with Gasteiger partial charge >= 0.3 is 0 Å². The molecule has 1 aliphatic rings. The van der Waals surface area contributed by atoms with Gasteiger partial charge in [0.25, 0.3) is 0 Å². The van der Waals surface area contributed by atoms with Crippen molar-refractivity contribution in [1.29, 1.82) is 5.26 Å². The van der Waals surface area contributed by atoms with Crippen LogP contribution in [0.25, 0.3) is 0 Å². The standard InChI is InChI=1S/C17H17ClN4/c1-13-2-4-15(18)10-16(13)21-6-8-22(9-7-21)17-5-3-14(11-19)12-20-17/h2-5,10,12H,6-9H2,1H3. The monoisotopic (exact) mass is 312 g/mol. The number of hydrogen-bond donors (Lipinski definition) is 0.